The summed E-state index contributed by atoms with van der Waals surface area (Å²) in [5.41, 5.74) is 9.03. The van der Waals surface area contributed by atoms with Crippen LogP contribution in [0, 0.1) is 0 Å². The summed E-state index contributed by atoms with van der Waals surface area (Å²) in [5.74, 6) is -0.354. The second-order valence-electron chi connectivity index (χ2n) is 5.58. The van der Waals surface area contributed by atoms with Crippen LogP contribution in [0.15, 0.2) is 24.3 Å². The maximum absolute atomic E-state index is 11.4. The maximum atomic E-state index is 11.4. The van der Waals surface area contributed by atoms with Gasteiger partial charge in [0, 0.05) is 9.90 Å². The number of hydrogen-bond donors (Lipinski definition) is 1. The van der Waals surface area contributed by atoms with Gasteiger partial charge in [0.25, 0.3) is 5.91 Å². The molecule has 4 heteroatoms. The van der Waals surface area contributed by atoms with Crippen LogP contribution >= 0.6 is 22.9 Å². The van der Waals surface area contributed by atoms with Gasteiger partial charge in [0.1, 0.15) is 0 Å². The highest BCUT2D eigenvalue weighted by Gasteiger charge is 2.32. The highest BCUT2D eigenvalue weighted by atomic mass is 35.5. The number of carbonyl (C=O) groups is 1. The minimum absolute atomic E-state index is 0.0171. The van der Waals surface area contributed by atoms with Gasteiger partial charge in [-0.05, 0) is 46.7 Å². The molecular formula is C15H14ClNOS. The van der Waals surface area contributed by atoms with Crippen molar-refractivity contribution in [1.82, 2.24) is 0 Å². The molecule has 1 aromatic heterocycles. The van der Waals surface area contributed by atoms with Gasteiger partial charge in [-0.25, -0.2) is 0 Å². The van der Waals surface area contributed by atoms with Crippen molar-refractivity contribution in [3.05, 3.63) is 45.3 Å². The van der Waals surface area contributed by atoms with Crippen LogP contribution < -0.4 is 5.73 Å². The summed E-state index contributed by atoms with van der Waals surface area (Å²) in [5, 5.41) is 0.752. The molecule has 1 aliphatic carbocycles. The number of rotatable bonds is 1. The van der Waals surface area contributed by atoms with E-state index in [0.717, 1.165) is 16.3 Å². The predicted molar refractivity (Wildman–Crippen MR) is 80.0 cm³/mol. The number of primary amides is 1. The van der Waals surface area contributed by atoms with Crippen LogP contribution in [0.4, 0.5) is 0 Å². The van der Waals surface area contributed by atoms with Crippen molar-refractivity contribution in [1.29, 1.82) is 0 Å². The fourth-order valence-corrected chi connectivity index (χ4v) is 4.00. The molecule has 1 aromatic carbocycles. The summed E-state index contributed by atoms with van der Waals surface area (Å²) in [6.07, 6.45) is 0.902. The van der Waals surface area contributed by atoms with Gasteiger partial charge in [-0.1, -0.05) is 31.5 Å². The van der Waals surface area contributed by atoms with Crippen molar-refractivity contribution in [2.75, 3.05) is 0 Å². The molecule has 2 aromatic rings. The zero-order valence-electron chi connectivity index (χ0n) is 10.8. The molecule has 0 radical (unpaired) electrons. The quantitative estimate of drug-likeness (QED) is 0.848. The molecule has 0 fully saturated rings. The van der Waals surface area contributed by atoms with E-state index in [2.05, 4.69) is 13.8 Å². The molecule has 1 heterocycles. The van der Waals surface area contributed by atoms with E-state index in [1.807, 2.05) is 24.3 Å². The molecule has 1 aliphatic rings. The van der Waals surface area contributed by atoms with Crippen LogP contribution in [0.2, 0.25) is 5.02 Å². The summed E-state index contributed by atoms with van der Waals surface area (Å²) >= 11 is 7.59. The van der Waals surface area contributed by atoms with Gasteiger partial charge < -0.3 is 5.73 Å². The van der Waals surface area contributed by atoms with Gasteiger partial charge >= 0.3 is 0 Å². The Morgan fingerprint density at radius 1 is 1.37 bits per heavy atom. The average molecular weight is 292 g/mol. The van der Waals surface area contributed by atoms with E-state index in [-0.39, 0.29) is 11.3 Å². The Morgan fingerprint density at radius 2 is 2.11 bits per heavy atom. The lowest BCUT2D eigenvalue weighted by Crippen LogP contribution is -2.24. The van der Waals surface area contributed by atoms with Crippen LogP contribution in [-0.4, -0.2) is 5.91 Å². The van der Waals surface area contributed by atoms with Gasteiger partial charge in [-0.15, -0.1) is 11.3 Å². The Labute approximate surface area is 121 Å². The Kier molecular flexibility index (Phi) is 2.73. The number of hydrogen-bond acceptors (Lipinski definition) is 2. The van der Waals surface area contributed by atoms with Crippen molar-refractivity contribution in [2.24, 2.45) is 5.73 Å². The number of nitrogens with two attached hydrogens (primary N) is 1. The molecule has 0 unspecified atom stereocenters. The molecular weight excluding hydrogens is 278 g/mol. The number of fused-ring (bicyclic) bond motifs is 3. The zero-order valence-corrected chi connectivity index (χ0v) is 12.4. The van der Waals surface area contributed by atoms with E-state index in [4.69, 9.17) is 17.3 Å². The number of benzene rings is 1. The largest absolute Gasteiger partial charge is 0.365 e. The molecule has 19 heavy (non-hydrogen) atoms. The second kappa shape index (κ2) is 4.09. The van der Waals surface area contributed by atoms with E-state index in [1.165, 1.54) is 28.0 Å². The lowest BCUT2D eigenvalue weighted by atomic mass is 9.72. The molecule has 0 bridgehead atoms. The molecule has 98 valence electrons. The molecule has 3 rings (SSSR count). The Bertz CT molecular complexity index is 687. The molecule has 0 atom stereocenters. The second-order valence-corrected chi connectivity index (χ2v) is 7.07. The Hall–Kier alpha value is -1.32. The molecule has 1 amide bonds. The number of thiophene rings is 1. The highest BCUT2D eigenvalue weighted by molar-refractivity contribution is 7.17. The lowest BCUT2D eigenvalue weighted by Gasteiger charge is -2.32. The fraction of sp³-hybridized carbons (Fsp3) is 0.267. The number of carbonyl (C=O) groups excluding carboxylic acids is 1. The van der Waals surface area contributed by atoms with Gasteiger partial charge in [0.2, 0.25) is 0 Å². The molecule has 0 saturated heterocycles. The molecule has 0 spiro atoms. The third-order valence-electron chi connectivity index (χ3n) is 3.64. The number of halogens is 1. The van der Waals surface area contributed by atoms with Crippen molar-refractivity contribution >= 4 is 28.8 Å². The van der Waals surface area contributed by atoms with Crippen molar-refractivity contribution in [2.45, 2.75) is 25.7 Å². The Morgan fingerprint density at radius 3 is 2.79 bits per heavy atom. The van der Waals surface area contributed by atoms with E-state index >= 15 is 0 Å². The van der Waals surface area contributed by atoms with Gasteiger partial charge in [-0.2, -0.15) is 0 Å². The zero-order chi connectivity index (χ0) is 13.8. The fourth-order valence-electron chi connectivity index (χ4n) is 2.76. The van der Waals surface area contributed by atoms with Crippen molar-refractivity contribution in [3.63, 3.8) is 0 Å². The predicted octanol–water partition coefficient (Wildman–Crippen LogP) is 4.00. The van der Waals surface area contributed by atoms with Gasteiger partial charge in [0.15, 0.2) is 0 Å². The first-order chi connectivity index (χ1) is 8.88. The minimum Gasteiger partial charge on any atom is -0.365 e. The number of amides is 1. The van der Waals surface area contributed by atoms with E-state index in [1.54, 1.807) is 0 Å². The average Bonchev–Trinajstić information content (AvgIpc) is 2.72. The van der Waals surface area contributed by atoms with Gasteiger partial charge in [0.05, 0.1) is 4.88 Å². The van der Waals surface area contributed by atoms with E-state index in [9.17, 15) is 4.79 Å². The lowest BCUT2D eigenvalue weighted by molar-refractivity contribution is 0.100. The van der Waals surface area contributed by atoms with Crippen molar-refractivity contribution in [3.8, 4) is 10.4 Å². The van der Waals surface area contributed by atoms with E-state index < -0.39 is 0 Å². The normalized spacial score (nSPS) is 15.7. The van der Waals surface area contributed by atoms with Crippen LogP contribution in [0.3, 0.4) is 0 Å². The highest BCUT2D eigenvalue weighted by Crippen LogP contribution is 2.47. The topological polar surface area (TPSA) is 43.1 Å². The third kappa shape index (κ3) is 1.97. The molecule has 2 nitrogen and oxygen atoms in total. The van der Waals surface area contributed by atoms with Crippen LogP contribution in [-0.2, 0) is 11.8 Å². The summed E-state index contributed by atoms with van der Waals surface area (Å²) < 4.78 is 0. The van der Waals surface area contributed by atoms with Crippen LogP contribution in [0.1, 0.15) is 34.6 Å². The van der Waals surface area contributed by atoms with Crippen LogP contribution in [0.25, 0.3) is 10.4 Å². The summed E-state index contributed by atoms with van der Waals surface area (Å²) in [6.45, 7) is 4.40. The maximum Gasteiger partial charge on any atom is 0.258 e. The van der Waals surface area contributed by atoms with Gasteiger partial charge in [-0.3, -0.25) is 4.79 Å². The minimum atomic E-state index is -0.354. The SMILES string of the molecule is CC1(C)Cc2cc(C(N)=O)sc2-c2ccc(Cl)cc21. The Balaban J connectivity index is 2.27. The molecule has 0 aliphatic heterocycles. The molecule has 2 N–H and O–H groups in total. The summed E-state index contributed by atoms with van der Waals surface area (Å²) in [4.78, 5) is 13.1. The first-order valence-electron chi connectivity index (χ1n) is 6.11. The summed E-state index contributed by atoms with van der Waals surface area (Å²) in [6, 6.07) is 7.90. The first-order valence-corrected chi connectivity index (χ1v) is 7.31. The van der Waals surface area contributed by atoms with E-state index in [0.29, 0.717) is 4.88 Å². The molecule has 0 saturated carbocycles. The monoisotopic (exact) mass is 291 g/mol. The van der Waals surface area contributed by atoms with Crippen LogP contribution in [0.5, 0.6) is 0 Å². The van der Waals surface area contributed by atoms with Crippen molar-refractivity contribution < 1.29 is 4.79 Å². The smallest absolute Gasteiger partial charge is 0.258 e. The standard InChI is InChI=1S/C15H14ClNOS/c1-15(2)7-8-5-12(14(17)18)19-13(8)10-4-3-9(16)6-11(10)15/h3-6H,7H2,1-2H3,(H2,17,18). The first kappa shape index (κ1) is 12.7. The summed E-state index contributed by atoms with van der Waals surface area (Å²) in [7, 11) is 0. The third-order valence-corrected chi connectivity index (χ3v) is 5.10.